The standard InChI is InChI=1S/C26H28ClN3O/c1-5-6-11-24-29-25(27)23(17-31)30(24)16-20-13-12-18(14-22(20)26(2,3)4)21-10-8-7-9-19(21)15-28/h7-10,12-14,17H,5-6,11,16H2,1-4H3. The highest BCUT2D eigenvalue weighted by Crippen LogP contribution is 2.33. The molecule has 31 heavy (non-hydrogen) atoms. The fraction of sp³-hybridized carbons (Fsp3) is 0.346. The lowest BCUT2D eigenvalue weighted by Crippen LogP contribution is -2.18. The smallest absolute Gasteiger partial charge is 0.169 e. The van der Waals surface area contributed by atoms with Crippen molar-refractivity contribution in [1.29, 1.82) is 5.26 Å². The van der Waals surface area contributed by atoms with Gasteiger partial charge in [0.25, 0.3) is 0 Å². The van der Waals surface area contributed by atoms with Crippen LogP contribution in [-0.2, 0) is 18.4 Å². The van der Waals surface area contributed by atoms with E-state index in [1.54, 1.807) is 0 Å². The molecule has 0 radical (unpaired) electrons. The Balaban J connectivity index is 2.11. The zero-order valence-electron chi connectivity index (χ0n) is 18.6. The van der Waals surface area contributed by atoms with Crippen molar-refractivity contribution in [3.8, 4) is 17.2 Å². The summed E-state index contributed by atoms with van der Waals surface area (Å²) < 4.78 is 1.94. The fourth-order valence-electron chi connectivity index (χ4n) is 3.88. The summed E-state index contributed by atoms with van der Waals surface area (Å²) in [4.78, 5) is 16.2. The topological polar surface area (TPSA) is 58.7 Å². The fourth-order valence-corrected chi connectivity index (χ4v) is 4.12. The second kappa shape index (κ2) is 9.49. The number of halogens is 1. The highest BCUT2D eigenvalue weighted by molar-refractivity contribution is 6.31. The SMILES string of the molecule is CCCCc1nc(Cl)c(C=O)n1Cc1ccc(-c2ccccc2C#N)cc1C(C)(C)C. The number of aryl methyl sites for hydroxylation is 1. The minimum atomic E-state index is -0.123. The lowest BCUT2D eigenvalue weighted by atomic mass is 9.81. The van der Waals surface area contributed by atoms with Gasteiger partial charge in [-0.05, 0) is 40.2 Å². The van der Waals surface area contributed by atoms with E-state index in [0.717, 1.165) is 48.1 Å². The lowest BCUT2D eigenvalue weighted by Gasteiger charge is -2.25. The van der Waals surface area contributed by atoms with E-state index in [9.17, 15) is 10.1 Å². The van der Waals surface area contributed by atoms with Gasteiger partial charge in [0.05, 0.1) is 11.6 Å². The molecule has 0 aliphatic rings. The third-order valence-electron chi connectivity index (χ3n) is 5.51. The first kappa shape index (κ1) is 22.8. The molecule has 1 aromatic heterocycles. The number of aromatic nitrogens is 2. The van der Waals surface area contributed by atoms with E-state index < -0.39 is 0 Å². The van der Waals surface area contributed by atoms with Gasteiger partial charge in [-0.25, -0.2) is 4.98 Å². The largest absolute Gasteiger partial charge is 0.320 e. The molecule has 160 valence electrons. The Bertz CT molecular complexity index is 1130. The van der Waals surface area contributed by atoms with Crippen LogP contribution >= 0.6 is 11.6 Å². The van der Waals surface area contributed by atoms with Gasteiger partial charge in [0.2, 0.25) is 0 Å². The van der Waals surface area contributed by atoms with Crippen molar-refractivity contribution >= 4 is 17.9 Å². The Morgan fingerprint density at radius 3 is 2.58 bits per heavy atom. The molecule has 3 aromatic rings. The molecular weight excluding hydrogens is 406 g/mol. The molecule has 2 aromatic carbocycles. The van der Waals surface area contributed by atoms with Crippen molar-refractivity contribution in [3.05, 3.63) is 75.8 Å². The normalized spacial score (nSPS) is 11.4. The lowest BCUT2D eigenvalue weighted by molar-refractivity contribution is 0.111. The molecule has 4 nitrogen and oxygen atoms in total. The van der Waals surface area contributed by atoms with Gasteiger partial charge >= 0.3 is 0 Å². The van der Waals surface area contributed by atoms with E-state index >= 15 is 0 Å². The minimum Gasteiger partial charge on any atom is -0.320 e. The van der Waals surface area contributed by atoms with Gasteiger partial charge in [-0.3, -0.25) is 4.79 Å². The zero-order chi connectivity index (χ0) is 22.6. The summed E-state index contributed by atoms with van der Waals surface area (Å²) >= 11 is 6.27. The van der Waals surface area contributed by atoms with E-state index in [1.165, 1.54) is 5.56 Å². The summed E-state index contributed by atoms with van der Waals surface area (Å²) in [6.45, 7) is 9.17. The number of carbonyl (C=O) groups excluding carboxylic acids is 1. The number of rotatable bonds is 7. The van der Waals surface area contributed by atoms with Gasteiger partial charge in [0, 0.05) is 13.0 Å². The Kier molecular flexibility index (Phi) is 6.97. The van der Waals surface area contributed by atoms with Crippen molar-refractivity contribution in [2.75, 3.05) is 0 Å². The minimum absolute atomic E-state index is 0.123. The van der Waals surface area contributed by atoms with Crippen LogP contribution in [0.1, 0.15) is 73.5 Å². The zero-order valence-corrected chi connectivity index (χ0v) is 19.3. The monoisotopic (exact) mass is 433 g/mol. The molecule has 0 N–H and O–H groups in total. The Labute approximate surface area is 189 Å². The summed E-state index contributed by atoms with van der Waals surface area (Å²) in [6, 6.07) is 16.2. The summed E-state index contributed by atoms with van der Waals surface area (Å²) in [7, 11) is 0. The van der Waals surface area contributed by atoms with Crippen LogP contribution < -0.4 is 0 Å². The van der Waals surface area contributed by atoms with Gasteiger partial charge < -0.3 is 4.57 Å². The number of aldehydes is 1. The molecular formula is C26H28ClN3O. The second-order valence-electron chi connectivity index (χ2n) is 8.79. The van der Waals surface area contributed by atoms with Crippen molar-refractivity contribution in [3.63, 3.8) is 0 Å². The predicted octanol–water partition coefficient (Wildman–Crippen LogP) is 6.58. The third kappa shape index (κ3) is 4.89. The summed E-state index contributed by atoms with van der Waals surface area (Å²) in [5.74, 6) is 0.840. The van der Waals surface area contributed by atoms with Crippen molar-refractivity contribution in [1.82, 2.24) is 9.55 Å². The number of carbonyl (C=O) groups is 1. The third-order valence-corrected chi connectivity index (χ3v) is 5.79. The molecule has 0 saturated carbocycles. The molecule has 0 aliphatic carbocycles. The van der Waals surface area contributed by atoms with Crippen LogP contribution in [0.25, 0.3) is 11.1 Å². The molecule has 0 atom stereocenters. The molecule has 0 spiro atoms. The van der Waals surface area contributed by atoms with Crippen LogP contribution in [0.15, 0.2) is 42.5 Å². The number of benzene rings is 2. The first-order chi connectivity index (χ1) is 14.8. The summed E-state index contributed by atoms with van der Waals surface area (Å²) in [5, 5.41) is 9.78. The highest BCUT2D eigenvalue weighted by Gasteiger charge is 2.22. The summed E-state index contributed by atoms with van der Waals surface area (Å²) in [5.41, 5.74) is 5.17. The van der Waals surface area contributed by atoms with Crippen molar-refractivity contribution < 1.29 is 4.79 Å². The molecule has 0 saturated heterocycles. The molecule has 3 rings (SSSR count). The Morgan fingerprint density at radius 1 is 1.19 bits per heavy atom. The molecule has 0 fully saturated rings. The second-order valence-corrected chi connectivity index (χ2v) is 9.15. The molecule has 1 heterocycles. The first-order valence-corrected chi connectivity index (χ1v) is 11.0. The van der Waals surface area contributed by atoms with Gasteiger partial charge in [0.15, 0.2) is 11.4 Å². The molecule has 5 heteroatoms. The quantitative estimate of drug-likeness (QED) is 0.395. The highest BCUT2D eigenvalue weighted by atomic mass is 35.5. The van der Waals surface area contributed by atoms with Crippen LogP contribution in [0, 0.1) is 11.3 Å². The van der Waals surface area contributed by atoms with Gasteiger partial charge in [-0.2, -0.15) is 5.26 Å². The maximum atomic E-state index is 11.7. The van der Waals surface area contributed by atoms with Crippen LogP contribution in [-0.4, -0.2) is 15.8 Å². The molecule has 0 unspecified atom stereocenters. The summed E-state index contributed by atoms with van der Waals surface area (Å²) in [6.07, 6.45) is 3.60. The van der Waals surface area contributed by atoms with Gasteiger partial charge in [-0.15, -0.1) is 0 Å². The number of nitriles is 1. The van der Waals surface area contributed by atoms with E-state index in [0.29, 0.717) is 17.8 Å². The van der Waals surface area contributed by atoms with Crippen LogP contribution in [0.2, 0.25) is 5.15 Å². The van der Waals surface area contributed by atoms with E-state index in [-0.39, 0.29) is 10.6 Å². The van der Waals surface area contributed by atoms with E-state index in [4.69, 9.17) is 11.6 Å². The number of nitrogens with zero attached hydrogens (tertiary/aromatic N) is 3. The Hall–Kier alpha value is -2.90. The maximum absolute atomic E-state index is 11.7. The van der Waals surface area contributed by atoms with Crippen LogP contribution in [0.3, 0.4) is 0 Å². The van der Waals surface area contributed by atoms with Gasteiger partial charge in [-0.1, -0.05) is 82.1 Å². The Morgan fingerprint density at radius 2 is 1.94 bits per heavy atom. The predicted molar refractivity (Wildman–Crippen MR) is 126 cm³/mol. The average Bonchev–Trinajstić information content (AvgIpc) is 3.05. The molecule has 0 bridgehead atoms. The van der Waals surface area contributed by atoms with Gasteiger partial charge in [0.1, 0.15) is 11.5 Å². The van der Waals surface area contributed by atoms with Crippen molar-refractivity contribution in [2.45, 2.75) is 58.9 Å². The van der Waals surface area contributed by atoms with E-state index in [1.807, 2.05) is 34.9 Å². The van der Waals surface area contributed by atoms with Crippen molar-refractivity contribution in [2.24, 2.45) is 0 Å². The number of imidazole rings is 1. The molecule has 0 amide bonds. The maximum Gasteiger partial charge on any atom is 0.169 e. The first-order valence-electron chi connectivity index (χ1n) is 10.6. The number of unbranched alkanes of at least 4 members (excludes halogenated alkanes) is 1. The number of hydrogen-bond acceptors (Lipinski definition) is 3. The van der Waals surface area contributed by atoms with Crippen LogP contribution in [0.5, 0.6) is 0 Å². The van der Waals surface area contributed by atoms with E-state index in [2.05, 4.69) is 50.9 Å². The van der Waals surface area contributed by atoms with Crippen LogP contribution in [0.4, 0.5) is 0 Å². The number of hydrogen-bond donors (Lipinski definition) is 0. The molecule has 0 aliphatic heterocycles. The average molecular weight is 434 g/mol.